The molecule has 0 atom stereocenters. The van der Waals surface area contributed by atoms with Crippen molar-refractivity contribution in [2.24, 2.45) is 4.99 Å². The highest BCUT2D eigenvalue weighted by Gasteiger charge is 2.32. The summed E-state index contributed by atoms with van der Waals surface area (Å²) < 4.78 is 0. The predicted octanol–water partition coefficient (Wildman–Crippen LogP) is 4.26. The van der Waals surface area contributed by atoms with E-state index in [0.29, 0.717) is 11.8 Å². The highest BCUT2D eigenvalue weighted by Crippen LogP contribution is 2.32. The number of aliphatic imine (C=N–C) groups is 1. The van der Waals surface area contributed by atoms with Crippen LogP contribution >= 0.6 is 23.1 Å². The van der Waals surface area contributed by atoms with Gasteiger partial charge in [0, 0.05) is 17.3 Å². The Bertz CT molecular complexity index is 735. The largest absolute Gasteiger partial charge is 0.334 e. The lowest BCUT2D eigenvalue weighted by molar-refractivity contribution is -0.129. The standard InChI is InChI=1S/C18H18N2OS2/c21-18(20(14-7-8-14)11-15-5-3-9-22-15)12-23-17-10-13-4-1-2-6-16(13)19-17/h1-6,9,14H,7-8,10-12H2. The zero-order valence-corrected chi connectivity index (χ0v) is 14.4. The van der Waals surface area contributed by atoms with Crippen molar-refractivity contribution < 1.29 is 4.79 Å². The molecule has 0 radical (unpaired) electrons. The maximum absolute atomic E-state index is 12.6. The van der Waals surface area contributed by atoms with Gasteiger partial charge in [0.15, 0.2) is 0 Å². The number of thiophene rings is 1. The summed E-state index contributed by atoms with van der Waals surface area (Å²) in [5.74, 6) is 0.735. The molecule has 5 heteroatoms. The molecule has 0 spiro atoms. The van der Waals surface area contributed by atoms with Crippen LogP contribution in [-0.2, 0) is 17.8 Å². The second-order valence-electron chi connectivity index (χ2n) is 5.93. The van der Waals surface area contributed by atoms with Crippen molar-refractivity contribution >= 4 is 39.7 Å². The molecule has 0 unspecified atom stereocenters. The SMILES string of the molecule is O=C(CSC1=Nc2ccccc2C1)N(Cc1cccs1)C1CC1. The molecule has 0 N–H and O–H groups in total. The molecule has 1 amide bonds. The summed E-state index contributed by atoms with van der Waals surface area (Å²) in [6, 6.07) is 12.8. The van der Waals surface area contributed by atoms with E-state index in [1.54, 1.807) is 23.1 Å². The van der Waals surface area contributed by atoms with Crippen LogP contribution in [0.4, 0.5) is 5.69 Å². The van der Waals surface area contributed by atoms with Gasteiger partial charge in [-0.2, -0.15) is 0 Å². The van der Waals surface area contributed by atoms with E-state index < -0.39 is 0 Å². The first kappa shape index (κ1) is 15.0. The van der Waals surface area contributed by atoms with Crippen LogP contribution in [0.25, 0.3) is 0 Å². The molecule has 2 heterocycles. The van der Waals surface area contributed by atoms with E-state index in [0.717, 1.165) is 36.5 Å². The fourth-order valence-corrected chi connectivity index (χ4v) is 4.37. The highest BCUT2D eigenvalue weighted by molar-refractivity contribution is 8.14. The maximum Gasteiger partial charge on any atom is 0.233 e. The molecular weight excluding hydrogens is 324 g/mol. The first-order valence-corrected chi connectivity index (χ1v) is 9.76. The number of hydrogen-bond acceptors (Lipinski definition) is 4. The molecule has 0 saturated heterocycles. The summed E-state index contributed by atoms with van der Waals surface area (Å²) in [6.45, 7) is 0.758. The van der Waals surface area contributed by atoms with Crippen LogP contribution in [-0.4, -0.2) is 27.6 Å². The van der Waals surface area contributed by atoms with Crippen molar-refractivity contribution in [3.05, 3.63) is 52.2 Å². The van der Waals surface area contributed by atoms with Gasteiger partial charge in [0.05, 0.1) is 23.0 Å². The summed E-state index contributed by atoms with van der Waals surface area (Å²) in [5, 5.41) is 3.14. The highest BCUT2D eigenvalue weighted by atomic mass is 32.2. The number of benzene rings is 1. The van der Waals surface area contributed by atoms with E-state index in [9.17, 15) is 4.79 Å². The van der Waals surface area contributed by atoms with Crippen LogP contribution in [0, 0.1) is 0 Å². The zero-order chi connectivity index (χ0) is 15.6. The number of carbonyl (C=O) groups excluding carboxylic acids is 1. The number of hydrogen-bond donors (Lipinski definition) is 0. The monoisotopic (exact) mass is 342 g/mol. The topological polar surface area (TPSA) is 32.7 Å². The van der Waals surface area contributed by atoms with Crippen LogP contribution in [0.15, 0.2) is 46.8 Å². The first-order chi connectivity index (χ1) is 11.3. The normalized spacial score (nSPS) is 16.1. The average molecular weight is 342 g/mol. The Balaban J connectivity index is 1.36. The Morgan fingerprint density at radius 3 is 2.87 bits per heavy atom. The fourth-order valence-electron chi connectivity index (χ4n) is 2.79. The second kappa shape index (κ2) is 6.49. The molecule has 1 aliphatic carbocycles. The fraction of sp³-hybridized carbons (Fsp3) is 0.333. The molecule has 0 bridgehead atoms. The van der Waals surface area contributed by atoms with E-state index in [1.807, 2.05) is 18.2 Å². The third kappa shape index (κ3) is 3.51. The Hall–Kier alpha value is -1.59. The molecule has 1 aromatic carbocycles. The smallest absolute Gasteiger partial charge is 0.233 e. The Kier molecular flexibility index (Phi) is 4.23. The van der Waals surface area contributed by atoms with Gasteiger partial charge in [0.2, 0.25) is 5.91 Å². The van der Waals surface area contributed by atoms with E-state index >= 15 is 0 Å². The number of carbonyl (C=O) groups is 1. The molecule has 1 aromatic heterocycles. The number of thioether (sulfide) groups is 1. The van der Waals surface area contributed by atoms with E-state index in [2.05, 4.69) is 33.5 Å². The number of fused-ring (bicyclic) bond motifs is 1. The van der Waals surface area contributed by atoms with Gasteiger partial charge in [0.1, 0.15) is 0 Å². The van der Waals surface area contributed by atoms with Crippen molar-refractivity contribution in [1.82, 2.24) is 4.90 Å². The van der Waals surface area contributed by atoms with E-state index in [1.165, 1.54) is 10.4 Å². The lowest BCUT2D eigenvalue weighted by Gasteiger charge is -2.21. The lowest BCUT2D eigenvalue weighted by Crippen LogP contribution is -2.34. The Morgan fingerprint density at radius 2 is 2.13 bits per heavy atom. The third-order valence-electron chi connectivity index (χ3n) is 4.15. The molecular formula is C18H18N2OS2. The molecule has 23 heavy (non-hydrogen) atoms. The van der Waals surface area contributed by atoms with Crippen LogP contribution in [0.3, 0.4) is 0 Å². The van der Waals surface area contributed by atoms with Crippen LogP contribution < -0.4 is 0 Å². The van der Waals surface area contributed by atoms with Gasteiger partial charge in [-0.25, -0.2) is 4.99 Å². The summed E-state index contributed by atoms with van der Waals surface area (Å²) in [6.07, 6.45) is 3.16. The van der Waals surface area contributed by atoms with Gasteiger partial charge in [-0.3, -0.25) is 4.79 Å². The van der Waals surface area contributed by atoms with Gasteiger partial charge in [-0.05, 0) is 35.9 Å². The summed E-state index contributed by atoms with van der Waals surface area (Å²) in [7, 11) is 0. The average Bonchev–Trinajstić information content (AvgIpc) is 3.11. The zero-order valence-electron chi connectivity index (χ0n) is 12.8. The van der Waals surface area contributed by atoms with Gasteiger partial charge < -0.3 is 4.90 Å². The van der Waals surface area contributed by atoms with Crippen LogP contribution in [0.1, 0.15) is 23.3 Å². The minimum absolute atomic E-state index is 0.240. The Labute approximate surface area is 144 Å². The van der Waals surface area contributed by atoms with Gasteiger partial charge >= 0.3 is 0 Å². The summed E-state index contributed by atoms with van der Waals surface area (Å²) >= 11 is 3.32. The van der Waals surface area contributed by atoms with Gasteiger partial charge in [0.25, 0.3) is 0 Å². The van der Waals surface area contributed by atoms with Crippen molar-refractivity contribution in [3.8, 4) is 0 Å². The number of amides is 1. The molecule has 4 rings (SSSR count). The number of para-hydroxylation sites is 1. The van der Waals surface area contributed by atoms with Crippen molar-refractivity contribution in [2.45, 2.75) is 31.8 Å². The van der Waals surface area contributed by atoms with E-state index in [-0.39, 0.29) is 5.91 Å². The molecule has 1 saturated carbocycles. The van der Waals surface area contributed by atoms with Crippen molar-refractivity contribution in [1.29, 1.82) is 0 Å². The maximum atomic E-state index is 12.6. The van der Waals surface area contributed by atoms with Crippen molar-refractivity contribution in [3.63, 3.8) is 0 Å². The molecule has 2 aromatic rings. The molecule has 1 aliphatic heterocycles. The lowest BCUT2D eigenvalue weighted by atomic mass is 10.2. The third-order valence-corrected chi connectivity index (χ3v) is 5.98. The predicted molar refractivity (Wildman–Crippen MR) is 97.6 cm³/mol. The van der Waals surface area contributed by atoms with Crippen LogP contribution in [0.2, 0.25) is 0 Å². The molecule has 2 aliphatic rings. The minimum Gasteiger partial charge on any atom is -0.334 e. The summed E-state index contributed by atoms with van der Waals surface area (Å²) in [5.41, 5.74) is 2.32. The van der Waals surface area contributed by atoms with Crippen molar-refractivity contribution in [2.75, 3.05) is 5.75 Å². The van der Waals surface area contributed by atoms with Crippen LogP contribution in [0.5, 0.6) is 0 Å². The first-order valence-electron chi connectivity index (χ1n) is 7.90. The number of rotatable bonds is 5. The number of nitrogens with zero attached hydrogens (tertiary/aromatic N) is 2. The molecule has 1 fully saturated rings. The Morgan fingerprint density at radius 1 is 1.26 bits per heavy atom. The molecule has 3 nitrogen and oxygen atoms in total. The second-order valence-corrected chi connectivity index (χ2v) is 8.01. The van der Waals surface area contributed by atoms with E-state index in [4.69, 9.17) is 0 Å². The quantitative estimate of drug-likeness (QED) is 0.813. The van der Waals surface area contributed by atoms with Gasteiger partial charge in [-0.1, -0.05) is 24.3 Å². The minimum atomic E-state index is 0.240. The van der Waals surface area contributed by atoms with Gasteiger partial charge in [-0.15, -0.1) is 23.1 Å². The summed E-state index contributed by atoms with van der Waals surface area (Å²) in [4.78, 5) is 20.6. The molecule has 118 valence electrons.